The fraction of sp³-hybridized carbons (Fsp3) is 0.438. The zero-order valence-electron chi connectivity index (χ0n) is 11.3. The maximum absolute atomic E-state index is 13.2. The molecule has 0 aliphatic heterocycles. The molecule has 4 heteroatoms. The van der Waals surface area contributed by atoms with Gasteiger partial charge >= 0.3 is 5.97 Å². The van der Waals surface area contributed by atoms with E-state index in [0.29, 0.717) is 23.8 Å². The molecule has 2 rings (SSSR count). The van der Waals surface area contributed by atoms with E-state index >= 15 is 0 Å². The summed E-state index contributed by atoms with van der Waals surface area (Å²) in [4.78, 5) is 10.6. The minimum Gasteiger partial charge on any atom is -0.493 e. The molecule has 20 heavy (non-hydrogen) atoms. The van der Waals surface area contributed by atoms with Gasteiger partial charge in [0.15, 0.2) is 0 Å². The SMILES string of the molecule is O=C(O)/C=C/c1cc(F)ccc1OCC1CCCCC1. The lowest BCUT2D eigenvalue weighted by molar-refractivity contribution is -0.131. The molecule has 1 aromatic carbocycles. The molecule has 0 unspecified atom stereocenters. The van der Waals surface area contributed by atoms with Crippen molar-refractivity contribution < 1.29 is 19.0 Å². The molecule has 0 amide bonds. The zero-order chi connectivity index (χ0) is 14.4. The maximum atomic E-state index is 13.2. The van der Waals surface area contributed by atoms with Gasteiger partial charge in [0.2, 0.25) is 0 Å². The van der Waals surface area contributed by atoms with Crippen LogP contribution < -0.4 is 4.74 Å². The molecule has 0 saturated heterocycles. The smallest absolute Gasteiger partial charge is 0.328 e. The Kier molecular flexibility index (Phi) is 5.16. The predicted octanol–water partition coefficient (Wildman–Crippen LogP) is 3.88. The molecule has 0 spiro atoms. The maximum Gasteiger partial charge on any atom is 0.328 e. The molecule has 1 saturated carbocycles. The quantitative estimate of drug-likeness (QED) is 0.831. The molecule has 108 valence electrons. The van der Waals surface area contributed by atoms with Gasteiger partial charge in [0.05, 0.1) is 6.61 Å². The van der Waals surface area contributed by atoms with Crippen LogP contribution in [0.25, 0.3) is 6.08 Å². The number of rotatable bonds is 5. The van der Waals surface area contributed by atoms with Crippen molar-refractivity contribution >= 4 is 12.0 Å². The molecule has 0 heterocycles. The summed E-state index contributed by atoms with van der Waals surface area (Å²) in [6, 6.07) is 4.17. The minimum atomic E-state index is -1.06. The topological polar surface area (TPSA) is 46.5 Å². The molecular formula is C16H19FO3. The van der Waals surface area contributed by atoms with Crippen LogP contribution in [0.2, 0.25) is 0 Å². The third-order valence-corrected chi connectivity index (χ3v) is 3.58. The summed E-state index contributed by atoms with van der Waals surface area (Å²) in [5, 5.41) is 8.65. The molecule has 1 aliphatic rings. The van der Waals surface area contributed by atoms with Crippen molar-refractivity contribution in [2.75, 3.05) is 6.61 Å². The van der Waals surface area contributed by atoms with Gasteiger partial charge in [-0.05, 0) is 43.0 Å². The van der Waals surface area contributed by atoms with Crippen molar-refractivity contribution in [3.05, 3.63) is 35.7 Å². The van der Waals surface area contributed by atoms with Crippen LogP contribution in [0.1, 0.15) is 37.7 Å². The highest BCUT2D eigenvalue weighted by atomic mass is 19.1. The van der Waals surface area contributed by atoms with Gasteiger partial charge in [0.25, 0.3) is 0 Å². The van der Waals surface area contributed by atoms with E-state index < -0.39 is 11.8 Å². The normalized spacial score (nSPS) is 16.4. The standard InChI is InChI=1S/C16H19FO3/c17-14-7-8-15(13(10-14)6-9-16(18)19)20-11-12-4-2-1-3-5-12/h6-10,12H,1-5,11H2,(H,18,19)/b9-6+. The molecule has 1 aliphatic carbocycles. The highest BCUT2D eigenvalue weighted by Crippen LogP contribution is 2.26. The number of benzene rings is 1. The Morgan fingerprint density at radius 2 is 2.10 bits per heavy atom. The van der Waals surface area contributed by atoms with E-state index in [2.05, 4.69) is 0 Å². The Morgan fingerprint density at radius 1 is 1.35 bits per heavy atom. The predicted molar refractivity (Wildman–Crippen MR) is 75.1 cm³/mol. The molecule has 0 atom stereocenters. The van der Waals surface area contributed by atoms with Crippen LogP contribution in [-0.4, -0.2) is 17.7 Å². The summed E-state index contributed by atoms with van der Waals surface area (Å²) in [6.45, 7) is 0.611. The first-order valence-corrected chi connectivity index (χ1v) is 6.98. The average molecular weight is 278 g/mol. The van der Waals surface area contributed by atoms with E-state index in [1.54, 1.807) is 6.07 Å². The van der Waals surface area contributed by atoms with Crippen molar-refractivity contribution in [2.45, 2.75) is 32.1 Å². The highest BCUT2D eigenvalue weighted by Gasteiger charge is 2.14. The Bertz CT molecular complexity index is 490. The largest absolute Gasteiger partial charge is 0.493 e. The summed E-state index contributed by atoms with van der Waals surface area (Å²) in [7, 11) is 0. The third-order valence-electron chi connectivity index (χ3n) is 3.58. The van der Waals surface area contributed by atoms with Crippen LogP contribution in [0.3, 0.4) is 0 Å². The number of ether oxygens (including phenoxy) is 1. The molecule has 0 radical (unpaired) electrons. The number of hydrogen-bond acceptors (Lipinski definition) is 2. The van der Waals surface area contributed by atoms with Crippen LogP contribution in [0.15, 0.2) is 24.3 Å². The minimum absolute atomic E-state index is 0.403. The fourth-order valence-corrected chi connectivity index (χ4v) is 2.50. The van der Waals surface area contributed by atoms with E-state index in [4.69, 9.17) is 9.84 Å². The van der Waals surface area contributed by atoms with Gasteiger partial charge in [-0.25, -0.2) is 9.18 Å². The molecular weight excluding hydrogens is 259 g/mol. The first-order valence-electron chi connectivity index (χ1n) is 6.98. The van der Waals surface area contributed by atoms with Gasteiger partial charge in [-0.3, -0.25) is 0 Å². The van der Waals surface area contributed by atoms with E-state index in [1.165, 1.54) is 50.3 Å². The molecule has 3 nitrogen and oxygen atoms in total. The van der Waals surface area contributed by atoms with Gasteiger partial charge in [0, 0.05) is 11.6 Å². The Labute approximate surface area is 118 Å². The lowest BCUT2D eigenvalue weighted by Gasteiger charge is -2.22. The Balaban J connectivity index is 2.03. The second kappa shape index (κ2) is 7.08. The van der Waals surface area contributed by atoms with Crippen molar-refractivity contribution in [3.8, 4) is 5.75 Å². The fourth-order valence-electron chi connectivity index (χ4n) is 2.50. The van der Waals surface area contributed by atoms with Gasteiger partial charge in [-0.1, -0.05) is 19.3 Å². The third kappa shape index (κ3) is 4.37. The molecule has 0 bridgehead atoms. The van der Waals surface area contributed by atoms with E-state index in [-0.39, 0.29) is 0 Å². The van der Waals surface area contributed by atoms with Gasteiger partial charge in [0.1, 0.15) is 11.6 Å². The summed E-state index contributed by atoms with van der Waals surface area (Å²) in [6.07, 6.45) is 8.46. The molecule has 1 aromatic rings. The van der Waals surface area contributed by atoms with E-state index in [0.717, 1.165) is 6.08 Å². The Hall–Kier alpha value is -1.84. The van der Waals surface area contributed by atoms with Crippen molar-refractivity contribution in [2.24, 2.45) is 5.92 Å². The number of carboxylic acid groups (broad SMARTS) is 1. The van der Waals surface area contributed by atoms with E-state index in [9.17, 15) is 9.18 Å². The van der Waals surface area contributed by atoms with Crippen LogP contribution in [0.5, 0.6) is 5.75 Å². The monoisotopic (exact) mass is 278 g/mol. The first kappa shape index (κ1) is 14.6. The number of halogens is 1. The second-order valence-electron chi connectivity index (χ2n) is 5.17. The second-order valence-corrected chi connectivity index (χ2v) is 5.17. The number of hydrogen-bond donors (Lipinski definition) is 1. The van der Waals surface area contributed by atoms with Crippen LogP contribution in [0.4, 0.5) is 4.39 Å². The molecule has 0 aromatic heterocycles. The van der Waals surface area contributed by atoms with Crippen molar-refractivity contribution in [1.82, 2.24) is 0 Å². The van der Waals surface area contributed by atoms with E-state index in [1.807, 2.05) is 0 Å². The summed E-state index contributed by atoms with van der Waals surface area (Å²) >= 11 is 0. The summed E-state index contributed by atoms with van der Waals surface area (Å²) in [5.74, 6) is -0.382. The van der Waals surface area contributed by atoms with Crippen LogP contribution in [0, 0.1) is 11.7 Å². The van der Waals surface area contributed by atoms with Crippen molar-refractivity contribution in [3.63, 3.8) is 0 Å². The van der Waals surface area contributed by atoms with Crippen LogP contribution >= 0.6 is 0 Å². The number of carbonyl (C=O) groups is 1. The first-order chi connectivity index (χ1) is 9.65. The van der Waals surface area contributed by atoms with Crippen molar-refractivity contribution in [1.29, 1.82) is 0 Å². The highest BCUT2D eigenvalue weighted by molar-refractivity contribution is 5.85. The van der Waals surface area contributed by atoms with Gasteiger partial charge in [-0.15, -0.1) is 0 Å². The van der Waals surface area contributed by atoms with Gasteiger partial charge in [-0.2, -0.15) is 0 Å². The molecule has 1 N–H and O–H groups in total. The van der Waals surface area contributed by atoms with Crippen LogP contribution in [-0.2, 0) is 4.79 Å². The number of carboxylic acids is 1. The Morgan fingerprint density at radius 3 is 2.80 bits per heavy atom. The van der Waals surface area contributed by atoms with Gasteiger partial charge < -0.3 is 9.84 Å². The summed E-state index contributed by atoms with van der Waals surface area (Å²) in [5.41, 5.74) is 0.461. The number of aliphatic carboxylic acids is 1. The lowest BCUT2D eigenvalue weighted by Crippen LogP contribution is -2.15. The molecule has 1 fully saturated rings. The zero-order valence-corrected chi connectivity index (χ0v) is 11.3. The lowest BCUT2D eigenvalue weighted by atomic mass is 9.90. The summed E-state index contributed by atoms with van der Waals surface area (Å²) < 4.78 is 19.0. The average Bonchev–Trinajstić information content (AvgIpc) is 2.45.